The summed E-state index contributed by atoms with van der Waals surface area (Å²) in [7, 11) is 1.53. The predicted octanol–water partition coefficient (Wildman–Crippen LogP) is 8.41. The average molecular weight is 499 g/mol. The summed E-state index contributed by atoms with van der Waals surface area (Å²) in [5.74, 6) is 0.192. The van der Waals surface area contributed by atoms with Crippen LogP contribution in [0.15, 0.2) is 84.9 Å². The molecule has 0 aromatic heterocycles. The molecule has 0 aliphatic rings. The first-order valence-corrected chi connectivity index (χ1v) is 11.1. The minimum absolute atomic E-state index is 0.0980. The molecule has 4 aromatic carbocycles. The fourth-order valence-corrected chi connectivity index (χ4v) is 4.52. The van der Waals surface area contributed by atoms with E-state index in [1.807, 2.05) is 60.7 Å². The summed E-state index contributed by atoms with van der Waals surface area (Å²) in [4.78, 5) is 11.5. The molecule has 0 atom stereocenters. The van der Waals surface area contributed by atoms with E-state index in [2.05, 4.69) is 0 Å². The Hall–Kier alpha value is -3.05. The van der Waals surface area contributed by atoms with Crippen LogP contribution in [0.4, 0.5) is 5.69 Å². The lowest BCUT2D eigenvalue weighted by atomic mass is 9.81. The number of ether oxygens (including phenoxy) is 1. The summed E-state index contributed by atoms with van der Waals surface area (Å²) in [6.07, 6.45) is 0. The van der Waals surface area contributed by atoms with Crippen molar-refractivity contribution in [3.05, 3.63) is 127 Å². The number of benzene rings is 4. The molecular formula is C26H18Cl3NO3. The number of nitro benzene ring substituents is 1. The van der Waals surface area contributed by atoms with Crippen LogP contribution in [0.5, 0.6) is 5.75 Å². The van der Waals surface area contributed by atoms with Gasteiger partial charge in [-0.25, -0.2) is 0 Å². The van der Waals surface area contributed by atoms with Crippen LogP contribution in [-0.4, -0.2) is 12.0 Å². The Morgan fingerprint density at radius 3 is 1.82 bits per heavy atom. The summed E-state index contributed by atoms with van der Waals surface area (Å²) in [6.45, 7) is 0. The molecule has 0 amide bonds. The zero-order valence-electron chi connectivity index (χ0n) is 17.5. The summed E-state index contributed by atoms with van der Waals surface area (Å²) in [6, 6.07) is 25.2. The predicted molar refractivity (Wildman–Crippen MR) is 134 cm³/mol. The third-order valence-electron chi connectivity index (χ3n) is 5.43. The Kier molecular flexibility index (Phi) is 6.89. The van der Waals surface area contributed by atoms with Gasteiger partial charge in [0.15, 0.2) is 0 Å². The van der Waals surface area contributed by atoms with Crippen molar-refractivity contribution in [1.82, 2.24) is 0 Å². The molecule has 0 aliphatic carbocycles. The molecule has 0 saturated heterocycles. The molecule has 0 spiro atoms. The molecule has 0 fully saturated rings. The molecule has 7 heteroatoms. The Labute approximate surface area is 206 Å². The molecule has 0 radical (unpaired) electrons. The summed E-state index contributed by atoms with van der Waals surface area (Å²) < 4.78 is 5.67. The Balaban J connectivity index is 2.07. The molecule has 0 aliphatic heterocycles. The van der Waals surface area contributed by atoms with E-state index in [-0.39, 0.29) is 16.6 Å². The minimum atomic E-state index is -0.434. The molecular weight excluding hydrogens is 481 g/mol. The van der Waals surface area contributed by atoms with Gasteiger partial charge in [0.1, 0.15) is 5.75 Å². The standard InChI is InChI=1S/C26H18Cl3NO3/c1-33-23-7-2-4-20(25(23)26-21(29)5-3-6-22(26)30(31)32)24(16-8-12-18(27)13-9-16)17-10-14-19(28)15-11-17/h2-15,24H,1H3. The van der Waals surface area contributed by atoms with E-state index in [0.29, 0.717) is 26.9 Å². The number of halogens is 3. The highest BCUT2D eigenvalue weighted by Gasteiger charge is 2.28. The maximum absolute atomic E-state index is 11.9. The molecule has 4 aromatic rings. The second kappa shape index (κ2) is 9.84. The highest BCUT2D eigenvalue weighted by molar-refractivity contribution is 6.34. The topological polar surface area (TPSA) is 52.4 Å². The van der Waals surface area contributed by atoms with Crippen molar-refractivity contribution in [1.29, 1.82) is 0 Å². The van der Waals surface area contributed by atoms with Crippen LogP contribution in [-0.2, 0) is 0 Å². The average Bonchev–Trinajstić information content (AvgIpc) is 2.81. The molecule has 0 unspecified atom stereocenters. The van der Waals surface area contributed by atoms with Crippen molar-refractivity contribution in [2.24, 2.45) is 0 Å². The third-order valence-corrected chi connectivity index (χ3v) is 6.25. The first-order chi connectivity index (χ1) is 15.9. The first kappa shape index (κ1) is 23.1. The van der Waals surface area contributed by atoms with Crippen molar-refractivity contribution >= 4 is 40.5 Å². The second-order valence-corrected chi connectivity index (χ2v) is 8.63. The molecule has 166 valence electrons. The molecule has 0 bridgehead atoms. The SMILES string of the molecule is COc1cccc(C(c2ccc(Cl)cc2)c2ccc(Cl)cc2)c1-c1c(Cl)cccc1[N+](=O)[O-]. The zero-order valence-corrected chi connectivity index (χ0v) is 19.7. The Morgan fingerprint density at radius 2 is 1.30 bits per heavy atom. The first-order valence-electron chi connectivity index (χ1n) is 10.0. The van der Waals surface area contributed by atoms with E-state index in [0.717, 1.165) is 16.7 Å². The summed E-state index contributed by atoms with van der Waals surface area (Å²) in [5.41, 5.74) is 3.48. The van der Waals surface area contributed by atoms with Crippen molar-refractivity contribution in [2.75, 3.05) is 7.11 Å². The monoisotopic (exact) mass is 497 g/mol. The highest BCUT2D eigenvalue weighted by Crippen LogP contribution is 2.47. The quantitative estimate of drug-likeness (QED) is 0.152. The third kappa shape index (κ3) is 4.69. The van der Waals surface area contributed by atoms with Crippen molar-refractivity contribution in [3.8, 4) is 16.9 Å². The number of rotatable bonds is 6. The van der Waals surface area contributed by atoms with Crippen molar-refractivity contribution in [2.45, 2.75) is 5.92 Å². The van der Waals surface area contributed by atoms with Gasteiger partial charge in [-0.2, -0.15) is 0 Å². The lowest BCUT2D eigenvalue weighted by molar-refractivity contribution is -0.384. The molecule has 33 heavy (non-hydrogen) atoms. The highest BCUT2D eigenvalue weighted by atomic mass is 35.5. The Bertz CT molecular complexity index is 1260. The zero-order chi connectivity index (χ0) is 23.5. The van der Waals surface area contributed by atoms with Crippen LogP contribution in [0.2, 0.25) is 15.1 Å². The number of nitrogens with zero attached hydrogens (tertiary/aromatic N) is 1. The number of hydrogen-bond acceptors (Lipinski definition) is 3. The van der Waals surface area contributed by atoms with Crippen LogP contribution in [0.1, 0.15) is 22.6 Å². The van der Waals surface area contributed by atoms with E-state index in [1.54, 1.807) is 18.2 Å². The van der Waals surface area contributed by atoms with Crippen molar-refractivity contribution < 1.29 is 9.66 Å². The van der Waals surface area contributed by atoms with Gasteiger partial charge >= 0.3 is 0 Å². The molecule has 4 nitrogen and oxygen atoms in total. The maximum Gasteiger partial charge on any atom is 0.278 e. The fourth-order valence-electron chi connectivity index (χ4n) is 4.00. The summed E-state index contributed by atoms with van der Waals surface area (Å²) >= 11 is 18.9. The van der Waals surface area contributed by atoms with E-state index >= 15 is 0 Å². The van der Waals surface area contributed by atoms with Gasteiger partial charge in [0.2, 0.25) is 0 Å². The van der Waals surface area contributed by atoms with E-state index < -0.39 is 4.92 Å². The van der Waals surface area contributed by atoms with E-state index in [4.69, 9.17) is 39.5 Å². The van der Waals surface area contributed by atoms with Gasteiger partial charge in [-0.3, -0.25) is 10.1 Å². The van der Waals surface area contributed by atoms with Gasteiger partial charge in [0, 0.05) is 27.6 Å². The van der Waals surface area contributed by atoms with Gasteiger partial charge in [0.25, 0.3) is 5.69 Å². The number of hydrogen-bond donors (Lipinski definition) is 0. The molecule has 4 rings (SSSR count). The van der Waals surface area contributed by atoms with Gasteiger partial charge < -0.3 is 4.74 Å². The van der Waals surface area contributed by atoms with Crippen LogP contribution in [0, 0.1) is 10.1 Å². The smallest absolute Gasteiger partial charge is 0.278 e. The summed E-state index contributed by atoms with van der Waals surface area (Å²) in [5, 5.41) is 13.4. The van der Waals surface area contributed by atoms with Crippen LogP contribution in [0.3, 0.4) is 0 Å². The van der Waals surface area contributed by atoms with E-state index in [9.17, 15) is 10.1 Å². The maximum atomic E-state index is 11.9. The lowest BCUT2D eigenvalue weighted by Crippen LogP contribution is -2.07. The van der Waals surface area contributed by atoms with Crippen molar-refractivity contribution in [3.63, 3.8) is 0 Å². The lowest BCUT2D eigenvalue weighted by Gasteiger charge is -2.24. The second-order valence-electron chi connectivity index (χ2n) is 7.35. The Morgan fingerprint density at radius 1 is 0.758 bits per heavy atom. The van der Waals surface area contributed by atoms with Crippen LogP contribution in [0.25, 0.3) is 11.1 Å². The molecule has 0 N–H and O–H groups in total. The number of methoxy groups -OCH3 is 1. The van der Waals surface area contributed by atoms with Crippen LogP contribution >= 0.6 is 34.8 Å². The normalized spacial score (nSPS) is 10.9. The van der Waals surface area contributed by atoms with E-state index in [1.165, 1.54) is 13.2 Å². The van der Waals surface area contributed by atoms with Gasteiger partial charge in [-0.1, -0.05) is 77.3 Å². The number of nitro groups is 1. The van der Waals surface area contributed by atoms with Crippen LogP contribution < -0.4 is 4.74 Å². The molecule has 0 saturated carbocycles. The minimum Gasteiger partial charge on any atom is -0.496 e. The molecule has 0 heterocycles. The van der Waals surface area contributed by atoms with Gasteiger partial charge in [-0.05, 0) is 53.1 Å². The largest absolute Gasteiger partial charge is 0.496 e. The fraction of sp³-hybridized carbons (Fsp3) is 0.0769. The van der Waals surface area contributed by atoms with Gasteiger partial charge in [-0.15, -0.1) is 0 Å². The van der Waals surface area contributed by atoms with Gasteiger partial charge in [0.05, 0.1) is 22.6 Å².